The van der Waals surface area contributed by atoms with Gasteiger partial charge in [-0.25, -0.2) is 9.59 Å². The minimum absolute atomic E-state index is 0.0867. The fraction of sp³-hybridized carbons (Fsp3) is 0.812. The summed E-state index contributed by atoms with van der Waals surface area (Å²) in [5, 5.41) is 2.59. The molecule has 0 aromatic heterocycles. The van der Waals surface area contributed by atoms with E-state index in [2.05, 4.69) is 5.32 Å². The van der Waals surface area contributed by atoms with Crippen molar-refractivity contribution in [2.45, 2.75) is 64.7 Å². The molecule has 138 valence electrons. The van der Waals surface area contributed by atoms with Crippen molar-refractivity contribution in [2.24, 2.45) is 0 Å². The highest BCUT2D eigenvalue weighted by Gasteiger charge is 2.58. The summed E-state index contributed by atoms with van der Waals surface area (Å²) in [6, 6.07) is 0. The van der Waals surface area contributed by atoms with E-state index in [1.165, 1.54) is 7.11 Å². The molecule has 1 atom stereocenters. The summed E-state index contributed by atoms with van der Waals surface area (Å²) in [5.74, 6) is -1.40. The standard InChI is InChI=1S/C16H28N2O6/c1-14(2,3)23-12(20)16(8-9-17-11(16)19)18(10-22-7)13(21)24-15(4,5)6/h8-10H2,1-7H3,(H,17,19)/t16-/m0/s1. The topological polar surface area (TPSA) is 94.2 Å². The van der Waals surface area contributed by atoms with E-state index in [1.807, 2.05) is 0 Å². The molecule has 1 fully saturated rings. The third-order valence-corrected chi connectivity index (χ3v) is 3.22. The number of esters is 1. The number of amides is 2. The fourth-order valence-corrected chi connectivity index (χ4v) is 2.31. The molecule has 0 aromatic rings. The van der Waals surface area contributed by atoms with Crippen molar-refractivity contribution in [2.75, 3.05) is 20.4 Å². The van der Waals surface area contributed by atoms with Crippen LogP contribution in [0, 0.1) is 0 Å². The Morgan fingerprint density at radius 3 is 2.04 bits per heavy atom. The van der Waals surface area contributed by atoms with Gasteiger partial charge < -0.3 is 19.5 Å². The average molecular weight is 344 g/mol. The number of carbonyl (C=O) groups is 3. The molecular weight excluding hydrogens is 316 g/mol. The summed E-state index contributed by atoms with van der Waals surface area (Å²) in [7, 11) is 1.37. The van der Waals surface area contributed by atoms with Gasteiger partial charge in [-0.3, -0.25) is 9.69 Å². The van der Waals surface area contributed by atoms with E-state index in [1.54, 1.807) is 41.5 Å². The molecule has 0 radical (unpaired) electrons. The van der Waals surface area contributed by atoms with Gasteiger partial charge >= 0.3 is 12.1 Å². The second-order valence-electron chi connectivity index (χ2n) is 7.69. The fourth-order valence-electron chi connectivity index (χ4n) is 2.31. The predicted molar refractivity (Wildman–Crippen MR) is 86.2 cm³/mol. The van der Waals surface area contributed by atoms with Crippen LogP contribution in [0.4, 0.5) is 4.79 Å². The van der Waals surface area contributed by atoms with Crippen LogP contribution in [0.2, 0.25) is 0 Å². The molecule has 8 nitrogen and oxygen atoms in total. The lowest BCUT2D eigenvalue weighted by atomic mass is 9.95. The van der Waals surface area contributed by atoms with Crippen molar-refractivity contribution in [1.29, 1.82) is 0 Å². The van der Waals surface area contributed by atoms with E-state index in [-0.39, 0.29) is 19.7 Å². The predicted octanol–water partition coefficient (Wildman–Crippen LogP) is 1.43. The first kappa shape index (κ1) is 20.2. The highest BCUT2D eigenvalue weighted by Crippen LogP contribution is 2.30. The molecule has 0 aliphatic carbocycles. The van der Waals surface area contributed by atoms with E-state index in [4.69, 9.17) is 14.2 Å². The highest BCUT2D eigenvalue weighted by molar-refractivity contribution is 6.11. The lowest BCUT2D eigenvalue weighted by molar-refractivity contribution is -0.174. The normalized spacial score (nSPS) is 21.2. The molecule has 1 rings (SSSR count). The van der Waals surface area contributed by atoms with Crippen LogP contribution in [-0.2, 0) is 23.8 Å². The molecule has 0 aromatic carbocycles. The molecule has 0 saturated carbocycles. The summed E-state index contributed by atoms with van der Waals surface area (Å²) >= 11 is 0. The molecule has 8 heteroatoms. The number of ether oxygens (including phenoxy) is 3. The molecule has 24 heavy (non-hydrogen) atoms. The second kappa shape index (κ2) is 6.96. The molecule has 1 heterocycles. The lowest BCUT2D eigenvalue weighted by Crippen LogP contribution is -2.63. The summed E-state index contributed by atoms with van der Waals surface area (Å²) in [6.45, 7) is 10.2. The van der Waals surface area contributed by atoms with E-state index in [0.717, 1.165) is 4.90 Å². The van der Waals surface area contributed by atoms with Gasteiger partial charge in [-0.15, -0.1) is 0 Å². The first-order valence-corrected chi connectivity index (χ1v) is 7.85. The van der Waals surface area contributed by atoms with Crippen LogP contribution >= 0.6 is 0 Å². The van der Waals surface area contributed by atoms with Crippen LogP contribution in [0.5, 0.6) is 0 Å². The first-order chi connectivity index (χ1) is 10.8. The third kappa shape index (κ3) is 4.59. The van der Waals surface area contributed by atoms with Gasteiger partial charge in [-0.05, 0) is 41.5 Å². The van der Waals surface area contributed by atoms with Crippen LogP contribution in [0.1, 0.15) is 48.0 Å². The zero-order chi connectivity index (χ0) is 18.8. The Bertz CT molecular complexity index is 506. The quantitative estimate of drug-likeness (QED) is 0.471. The number of rotatable bonds is 4. The molecule has 0 unspecified atom stereocenters. The van der Waals surface area contributed by atoms with Crippen molar-refractivity contribution in [3.8, 4) is 0 Å². The molecule has 1 aliphatic heterocycles. The Balaban J connectivity index is 3.26. The smallest absolute Gasteiger partial charge is 0.413 e. The monoisotopic (exact) mass is 344 g/mol. The van der Waals surface area contributed by atoms with Gasteiger partial charge in [0.2, 0.25) is 5.54 Å². The molecule has 2 amide bonds. The Kier molecular flexibility index (Phi) is 5.86. The van der Waals surface area contributed by atoms with Gasteiger partial charge in [0.05, 0.1) is 0 Å². The van der Waals surface area contributed by atoms with E-state index < -0.39 is 34.7 Å². The average Bonchev–Trinajstić information content (AvgIpc) is 2.74. The van der Waals surface area contributed by atoms with Crippen molar-refractivity contribution >= 4 is 18.0 Å². The van der Waals surface area contributed by atoms with Gasteiger partial charge in [0.25, 0.3) is 5.91 Å². The molecule has 1 saturated heterocycles. The summed E-state index contributed by atoms with van der Waals surface area (Å²) in [4.78, 5) is 38.9. The number of hydrogen-bond acceptors (Lipinski definition) is 6. The Hall–Kier alpha value is -1.83. The van der Waals surface area contributed by atoms with E-state index in [9.17, 15) is 14.4 Å². The lowest BCUT2D eigenvalue weighted by Gasteiger charge is -2.38. The van der Waals surface area contributed by atoms with Gasteiger partial charge in [0, 0.05) is 20.1 Å². The number of nitrogens with zero attached hydrogens (tertiary/aromatic N) is 1. The Morgan fingerprint density at radius 1 is 1.12 bits per heavy atom. The maximum atomic E-state index is 12.8. The minimum atomic E-state index is -1.80. The molecule has 1 aliphatic rings. The van der Waals surface area contributed by atoms with E-state index >= 15 is 0 Å². The highest BCUT2D eigenvalue weighted by atomic mass is 16.6. The van der Waals surface area contributed by atoms with Crippen molar-refractivity contribution in [3.63, 3.8) is 0 Å². The largest absolute Gasteiger partial charge is 0.458 e. The summed E-state index contributed by atoms with van der Waals surface area (Å²) < 4.78 is 15.8. The van der Waals surface area contributed by atoms with Crippen LogP contribution in [0.15, 0.2) is 0 Å². The zero-order valence-corrected chi connectivity index (χ0v) is 15.5. The van der Waals surface area contributed by atoms with E-state index in [0.29, 0.717) is 0 Å². The van der Waals surface area contributed by atoms with Crippen molar-refractivity contribution in [1.82, 2.24) is 10.2 Å². The van der Waals surface area contributed by atoms with Gasteiger partial charge in [0.15, 0.2) is 0 Å². The number of carbonyl (C=O) groups excluding carboxylic acids is 3. The first-order valence-electron chi connectivity index (χ1n) is 7.85. The summed E-state index contributed by atoms with van der Waals surface area (Å²) in [5.41, 5.74) is -3.39. The zero-order valence-electron chi connectivity index (χ0n) is 15.5. The Labute approximate surface area is 142 Å². The molecule has 0 spiro atoms. The SMILES string of the molecule is COCN(C(=O)OC(C)(C)C)[C@@]1(C(=O)OC(C)(C)C)CCNC1=O. The minimum Gasteiger partial charge on any atom is -0.458 e. The molecule has 1 N–H and O–H groups in total. The number of nitrogens with one attached hydrogen (secondary N) is 1. The third-order valence-electron chi connectivity index (χ3n) is 3.22. The maximum absolute atomic E-state index is 12.8. The number of methoxy groups -OCH3 is 1. The van der Waals surface area contributed by atoms with Crippen molar-refractivity contribution < 1.29 is 28.6 Å². The van der Waals surface area contributed by atoms with Crippen LogP contribution in [0.3, 0.4) is 0 Å². The number of hydrogen-bond donors (Lipinski definition) is 1. The van der Waals surface area contributed by atoms with Crippen LogP contribution in [-0.4, -0.2) is 60.0 Å². The van der Waals surface area contributed by atoms with Crippen LogP contribution < -0.4 is 5.32 Å². The summed E-state index contributed by atoms with van der Waals surface area (Å²) in [6.07, 6.45) is -0.726. The van der Waals surface area contributed by atoms with Crippen LogP contribution in [0.25, 0.3) is 0 Å². The maximum Gasteiger partial charge on any atom is 0.413 e. The molecular formula is C16H28N2O6. The van der Waals surface area contributed by atoms with Gasteiger partial charge in [-0.1, -0.05) is 0 Å². The van der Waals surface area contributed by atoms with Crippen molar-refractivity contribution in [3.05, 3.63) is 0 Å². The Morgan fingerprint density at radius 2 is 1.67 bits per heavy atom. The van der Waals surface area contributed by atoms with Gasteiger partial charge in [0.1, 0.15) is 17.9 Å². The molecule has 0 bridgehead atoms. The van der Waals surface area contributed by atoms with Gasteiger partial charge in [-0.2, -0.15) is 0 Å². The second-order valence-corrected chi connectivity index (χ2v) is 7.69.